The van der Waals surface area contributed by atoms with Crippen molar-refractivity contribution in [1.82, 2.24) is 4.90 Å². The molecule has 1 amide bonds. The molecular formula is C14H16N2O4. The zero-order chi connectivity index (χ0) is 14.5. The molecular weight excluding hydrogens is 260 g/mol. The number of carbonyl (C=O) groups is 1. The van der Waals surface area contributed by atoms with Crippen molar-refractivity contribution in [2.75, 3.05) is 33.9 Å². The predicted octanol–water partition coefficient (Wildman–Crippen LogP) is 1.07. The number of para-hydroxylation sites is 1. The highest BCUT2D eigenvalue weighted by molar-refractivity contribution is 5.98. The topological polar surface area (TPSA) is 71.8 Å². The second-order valence-corrected chi connectivity index (χ2v) is 4.28. The van der Waals surface area contributed by atoms with Gasteiger partial charge < -0.3 is 19.1 Å². The summed E-state index contributed by atoms with van der Waals surface area (Å²) >= 11 is 0. The molecule has 0 radical (unpaired) electrons. The molecule has 6 nitrogen and oxygen atoms in total. The third-order valence-electron chi connectivity index (χ3n) is 3.13. The summed E-state index contributed by atoms with van der Waals surface area (Å²) in [7, 11) is 3.01. The second-order valence-electron chi connectivity index (χ2n) is 4.28. The van der Waals surface area contributed by atoms with E-state index in [9.17, 15) is 4.79 Å². The fourth-order valence-electron chi connectivity index (χ4n) is 2.14. The lowest BCUT2D eigenvalue weighted by atomic mass is 10.1. The smallest absolute Gasteiger partial charge is 0.257 e. The van der Waals surface area contributed by atoms with Gasteiger partial charge in [0.25, 0.3) is 5.91 Å². The SMILES string of the molecule is COc1cccc(C(=O)N2CCOC(C#N)C2)c1OC. The molecule has 1 aromatic carbocycles. The number of methoxy groups -OCH3 is 2. The zero-order valence-corrected chi connectivity index (χ0v) is 11.5. The molecule has 1 saturated heterocycles. The number of hydrogen-bond acceptors (Lipinski definition) is 5. The highest BCUT2D eigenvalue weighted by Crippen LogP contribution is 2.31. The van der Waals surface area contributed by atoms with Gasteiger partial charge in [0.1, 0.15) is 0 Å². The van der Waals surface area contributed by atoms with Crippen molar-refractivity contribution in [1.29, 1.82) is 5.26 Å². The number of ether oxygens (including phenoxy) is 3. The number of amides is 1. The van der Waals surface area contributed by atoms with Gasteiger partial charge in [0.2, 0.25) is 0 Å². The Labute approximate surface area is 117 Å². The van der Waals surface area contributed by atoms with Crippen LogP contribution >= 0.6 is 0 Å². The molecule has 1 aromatic rings. The van der Waals surface area contributed by atoms with E-state index < -0.39 is 6.10 Å². The average molecular weight is 276 g/mol. The van der Waals surface area contributed by atoms with Crippen LogP contribution in [0.5, 0.6) is 11.5 Å². The van der Waals surface area contributed by atoms with Crippen LogP contribution < -0.4 is 9.47 Å². The van der Waals surface area contributed by atoms with Gasteiger partial charge in [-0.05, 0) is 12.1 Å². The summed E-state index contributed by atoms with van der Waals surface area (Å²) in [5, 5.41) is 8.89. The van der Waals surface area contributed by atoms with Crippen molar-refractivity contribution in [3.05, 3.63) is 23.8 Å². The summed E-state index contributed by atoms with van der Waals surface area (Å²) in [6, 6.07) is 7.16. The summed E-state index contributed by atoms with van der Waals surface area (Å²) in [4.78, 5) is 14.1. The van der Waals surface area contributed by atoms with Gasteiger partial charge >= 0.3 is 0 Å². The molecule has 1 heterocycles. The molecule has 1 aliphatic rings. The Balaban J connectivity index is 2.27. The van der Waals surface area contributed by atoms with Crippen LogP contribution in [0.4, 0.5) is 0 Å². The number of benzene rings is 1. The van der Waals surface area contributed by atoms with Crippen LogP contribution in [0.3, 0.4) is 0 Å². The summed E-state index contributed by atoms with van der Waals surface area (Å²) in [6.45, 7) is 1.07. The first-order valence-corrected chi connectivity index (χ1v) is 6.22. The first kappa shape index (κ1) is 14.2. The molecule has 0 saturated carbocycles. The minimum Gasteiger partial charge on any atom is -0.493 e. The van der Waals surface area contributed by atoms with E-state index in [2.05, 4.69) is 0 Å². The summed E-state index contributed by atoms with van der Waals surface area (Å²) in [5.41, 5.74) is 0.422. The van der Waals surface area contributed by atoms with Crippen LogP contribution in [-0.2, 0) is 4.74 Å². The van der Waals surface area contributed by atoms with E-state index in [1.54, 1.807) is 23.1 Å². The molecule has 0 N–H and O–H groups in total. The molecule has 2 rings (SSSR count). The average Bonchev–Trinajstić information content (AvgIpc) is 2.53. The maximum absolute atomic E-state index is 12.5. The van der Waals surface area contributed by atoms with E-state index in [-0.39, 0.29) is 12.5 Å². The minimum absolute atomic E-state index is 0.190. The molecule has 0 aromatic heterocycles. The molecule has 0 aliphatic carbocycles. The molecule has 1 atom stereocenters. The van der Waals surface area contributed by atoms with Crippen LogP contribution in [0.2, 0.25) is 0 Å². The lowest BCUT2D eigenvalue weighted by Crippen LogP contribution is -2.45. The summed E-state index contributed by atoms with van der Waals surface area (Å²) in [6.07, 6.45) is -0.579. The second kappa shape index (κ2) is 6.26. The van der Waals surface area contributed by atoms with Crippen molar-refractivity contribution in [3.63, 3.8) is 0 Å². The van der Waals surface area contributed by atoms with E-state index in [1.165, 1.54) is 14.2 Å². The van der Waals surface area contributed by atoms with Gasteiger partial charge in [0.15, 0.2) is 17.6 Å². The maximum atomic E-state index is 12.5. The van der Waals surface area contributed by atoms with Gasteiger partial charge in [-0.3, -0.25) is 4.79 Å². The van der Waals surface area contributed by atoms with Crippen molar-refractivity contribution in [2.45, 2.75) is 6.10 Å². The third-order valence-corrected chi connectivity index (χ3v) is 3.13. The third kappa shape index (κ3) is 2.68. The van der Waals surface area contributed by atoms with Crippen LogP contribution in [0.25, 0.3) is 0 Å². The number of rotatable bonds is 3. The molecule has 0 bridgehead atoms. The monoisotopic (exact) mass is 276 g/mol. The molecule has 1 unspecified atom stereocenters. The lowest BCUT2D eigenvalue weighted by Gasteiger charge is -2.30. The predicted molar refractivity (Wildman–Crippen MR) is 70.8 cm³/mol. The maximum Gasteiger partial charge on any atom is 0.257 e. The number of carbonyl (C=O) groups excluding carboxylic acids is 1. The molecule has 0 spiro atoms. The Morgan fingerprint density at radius 3 is 2.90 bits per heavy atom. The fourth-order valence-corrected chi connectivity index (χ4v) is 2.14. The molecule has 20 heavy (non-hydrogen) atoms. The van der Waals surface area contributed by atoms with Crippen LogP contribution in [0.15, 0.2) is 18.2 Å². The van der Waals surface area contributed by atoms with Crippen molar-refractivity contribution < 1.29 is 19.0 Å². The van der Waals surface area contributed by atoms with E-state index in [0.717, 1.165) is 0 Å². The Bertz CT molecular complexity index is 538. The quantitative estimate of drug-likeness (QED) is 0.825. The molecule has 1 fully saturated rings. The van der Waals surface area contributed by atoms with Crippen LogP contribution in [-0.4, -0.2) is 50.8 Å². The molecule has 6 heteroatoms. The number of nitriles is 1. The molecule has 106 valence electrons. The standard InChI is InChI=1S/C14H16N2O4/c1-18-12-5-3-4-11(13(12)19-2)14(17)16-6-7-20-10(8-15)9-16/h3-5,10H,6-7,9H2,1-2H3. The van der Waals surface area contributed by atoms with Gasteiger partial charge in [0, 0.05) is 6.54 Å². The Morgan fingerprint density at radius 2 is 2.25 bits per heavy atom. The number of hydrogen-bond donors (Lipinski definition) is 0. The summed E-state index contributed by atoms with van der Waals surface area (Å²) < 4.78 is 15.7. The summed E-state index contributed by atoms with van der Waals surface area (Å²) in [5.74, 6) is 0.716. The highest BCUT2D eigenvalue weighted by atomic mass is 16.5. The highest BCUT2D eigenvalue weighted by Gasteiger charge is 2.27. The van der Waals surface area contributed by atoms with E-state index in [0.29, 0.717) is 30.2 Å². The minimum atomic E-state index is -0.579. The number of nitrogens with zero attached hydrogens (tertiary/aromatic N) is 2. The Kier molecular flexibility index (Phi) is 4.43. The zero-order valence-electron chi connectivity index (χ0n) is 11.5. The van der Waals surface area contributed by atoms with Gasteiger partial charge in [-0.1, -0.05) is 6.07 Å². The van der Waals surface area contributed by atoms with Gasteiger partial charge in [-0.15, -0.1) is 0 Å². The van der Waals surface area contributed by atoms with E-state index in [1.807, 2.05) is 6.07 Å². The van der Waals surface area contributed by atoms with Gasteiger partial charge in [-0.2, -0.15) is 5.26 Å². The number of morpholine rings is 1. The van der Waals surface area contributed by atoms with Crippen LogP contribution in [0.1, 0.15) is 10.4 Å². The van der Waals surface area contributed by atoms with Crippen molar-refractivity contribution >= 4 is 5.91 Å². The molecule has 1 aliphatic heterocycles. The first-order chi connectivity index (χ1) is 9.71. The van der Waals surface area contributed by atoms with Gasteiger partial charge in [0.05, 0.1) is 39.0 Å². The van der Waals surface area contributed by atoms with Crippen molar-refractivity contribution in [3.8, 4) is 17.6 Å². The Hall–Kier alpha value is -2.26. The largest absolute Gasteiger partial charge is 0.493 e. The fraction of sp³-hybridized carbons (Fsp3) is 0.429. The van der Waals surface area contributed by atoms with Gasteiger partial charge in [-0.25, -0.2) is 0 Å². The van der Waals surface area contributed by atoms with Crippen molar-refractivity contribution in [2.24, 2.45) is 0 Å². The van der Waals surface area contributed by atoms with Crippen LogP contribution in [0, 0.1) is 11.3 Å². The first-order valence-electron chi connectivity index (χ1n) is 6.22. The van der Waals surface area contributed by atoms with E-state index in [4.69, 9.17) is 19.5 Å². The van der Waals surface area contributed by atoms with E-state index >= 15 is 0 Å². The normalized spacial score (nSPS) is 18.2. The lowest BCUT2D eigenvalue weighted by molar-refractivity contribution is 0.00332. The Morgan fingerprint density at radius 1 is 1.45 bits per heavy atom.